The summed E-state index contributed by atoms with van der Waals surface area (Å²) in [5, 5.41) is 2.86. The number of hydrogen-bond acceptors (Lipinski definition) is 4. The summed E-state index contributed by atoms with van der Waals surface area (Å²) in [6.07, 6.45) is 2.87. The first kappa shape index (κ1) is 20.6. The Labute approximate surface area is 176 Å². The molecule has 1 fully saturated rings. The summed E-state index contributed by atoms with van der Waals surface area (Å²) in [6.45, 7) is 3.65. The Morgan fingerprint density at radius 2 is 1.73 bits per heavy atom. The monoisotopic (exact) mass is 427 g/mol. The summed E-state index contributed by atoms with van der Waals surface area (Å²) in [4.78, 5) is 26.6. The number of aryl methyl sites for hydroxylation is 1. The quantitative estimate of drug-likeness (QED) is 0.795. The van der Waals surface area contributed by atoms with Crippen LogP contribution in [0, 0.1) is 0 Å². The van der Waals surface area contributed by atoms with Gasteiger partial charge in [-0.05, 0) is 74.2 Å². The summed E-state index contributed by atoms with van der Waals surface area (Å²) >= 11 is 0. The molecule has 2 aliphatic rings. The summed E-state index contributed by atoms with van der Waals surface area (Å²) in [5.41, 5.74) is 2.96. The summed E-state index contributed by atoms with van der Waals surface area (Å²) in [5.74, 6) is -0.190. The second kappa shape index (κ2) is 8.20. The molecular formula is C22H25N3O4S. The van der Waals surface area contributed by atoms with Crippen LogP contribution in [0.3, 0.4) is 0 Å². The van der Waals surface area contributed by atoms with Crippen molar-refractivity contribution in [2.24, 2.45) is 0 Å². The van der Waals surface area contributed by atoms with Gasteiger partial charge < -0.3 is 10.2 Å². The van der Waals surface area contributed by atoms with Gasteiger partial charge in [-0.15, -0.1) is 0 Å². The predicted molar refractivity (Wildman–Crippen MR) is 115 cm³/mol. The van der Waals surface area contributed by atoms with E-state index in [4.69, 9.17) is 0 Å². The van der Waals surface area contributed by atoms with E-state index in [9.17, 15) is 18.0 Å². The van der Waals surface area contributed by atoms with Gasteiger partial charge in [0.1, 0.15) is 0 Å². The highest BCUT2D eigenvalue weighted by atomic mass is 32.2. The molecule has 158 valence electrons. The van der Waals surface area contributed by atoms with Crippen LogP contribution in [0.15, 0.2) is 47.4 Å². The second-order valence-corrected chi connectivity index (χ2v) is 9.51. The summed E-state index contributed by atoms with van der Waals surface area (Å²) < 4.78 is 26.7. The molecule has 0 aliphatic carbocycles. The van der Waals surface area contributed by atoms with E-state index in [-0.39, 0.29) is 16.7 Å². The Balaban J connectivity index is 1.49. The largest absolute Gasteiger partial charge is 0.322 e. The minimum atomic E-state index is -3.49. The average molecular weight is 428 g/mol. The molecule has 1 saturated heterocycles. The van der Waals surface area contributed by atoms with E-state index in [2.05, 4.69) is 5.32 Å². The van der Waals surface area contributed by atoms with Crippen LogP contribution in [0.25, 0.3) is 0 Å². The fourth-order valence-corrected chi connectivity index (χ4v) is 5.56. The minimum absolute atomic E-state index is 0.116. The third-order valence-electron chi connectivity index (χ3n) is 5.67. The van der Waals surface area contributed by atoms with Crippen LogP contribution in [-0.4, -0.2) is 44.2 Å². The summed E-state index contributed by atoms with van der Waals surface area (Å²) in [6, 6.07) is 11.6. The molecule has 2 heterocycles. The molecule has 0 bridgehead atoms. The minimum Gasteiger partial charge on any atom is -0.322 e. The van der Waals surface area contributed by atoms with Crippen molar-refractivity contribution in [1.29, 1.82) is 0 Å². The van der Waals surface area contributed by atoms with Gasteiger partial charge in [0.25, 0.3) is 5.91 Å². The van der Waals surface area contributed by atoms with Gasteiger partial charge in [0, 0.05) is 43.0 Å². The fourth-order valence-electron chi connectivity index (χ4n) is 4.04. The number of benzene rings is 2. The van der Waals surface area contributed by atoms with Crippen molar-refractivity contribution < 1.29 is 18.0 Å². The Morgan fingerprint density at radius 1 is 1.03 bits per heavy atom. The smallest absolute Gasteiger partial charge is 0.255 e. The number of sulfonamides is 1. The van der Waals surface area contributed by atoms with Gasteiger partial charge in [0.15, 0.2) is 0 Å². The van der Waals surface area contributed by atoms with Crippen LogP contribution in [0.5, 0.6) is 0 Å². The van der Waals surface area contributed by atoms with Crippen LogP contribution < -0.4 is 10.2 Å². The van der Waals surface area contributed by atoms with Crippen molar-refractivity contribution in [2.45, 2.75) is 37.5 Å². The maximum atomic E-state index is 12.6. The van der Waals surface area contributed by atoms with E-state index in [1.807, 2.05) is 19.1 Å². The van der Waals surface area contributed by atoms with E-state index in [1.165, 1.54) is 28.6 Å². The molecule has 2 amide bonds. The van der Waals surface area contributed by atoms with Crippen molar-refractivity contribution in [1.82, 2.24) is 4.31 Å². The van der Waals surface area contributed by atoms with E-state index in [1.54, 1.807) is 11.0 Å². The van der Waals surface area contributed by atoms with Crippen LogP contribution in [0.1, 0.15) is 42.1 Å². The van der Waals surface area contributed by atoms with Crippen LogP contribution in [-0.2, 0) is 21.2 Å². The zero-order valence-corrected chi connectivity index (χ0v) is 17.7. The lowest BCUT2D eigenvalue weighted by atomic mass is 10.0. The molecule has 2 aliphatic heterocycles. The van der Waals surface area contributed by atoms with Gasteiger partial charge in [-0.2, -0.15) is 4.31 Å². The van der Waals surface area contributed by atoms with Gasteiger partial charge in [-0.1, -0.05) is 0 Å². The number of nitrogens with one attached hydrogen (secondary N) is 1. The van der Waals surface area contributed by atoms with Crippen molar-refractivity contribution in [3.05, 3.63) is 53.6 Å². The first-order valence-electron chi connectivity index (χ1n) is 10.2. The Morgan fingerprint density at radius 3 is 2.40 bits per heavy atom. The zero-order chi connectivity index (χ0) is 21.3. The number of anilines is 2. The third kappa shape index (κ3) is 3.85. The van der Waals surface area contributed by atoms with Gasteiger partial charge in [-0.25, -0.2) is 8.42 Å². The van der Waals surface area contributed by atoms with Crippen LogP contribution >= 0.6 is 0 Å². The predicted octanol–water partition coefficient (Wildman–Crippen LogP) is 3.02. The molecule has 2 aromatic rings. The molecule has 0 aromatic heterocycles. The van der Waals surface area contributed by atoms with Gasteiger partial charge in [-0.3, -0.25) is 9.59 Å². The number of carbonyl (C=O) groups is 2. The van der Waals surface area contributed by atoms with E-state index in [0.717, 1.165) is 24.1 Å². The highest BCUT2D eigenvalue weighted by molar-refractivity contribution is 7.89. The number of hydrogen-bond donors (Lipinski definition) is 1. The van der Waals surface area contributed by atoms with Crippen molar-refractivity contribution in [2.75, 3.05) is 29.9 Å². The van der Waals surface area contributed by atoms with Crippen LogP contribution in [0.2, 0.25) is 0 Å². The molecule has 4 rings (SSSR count). The molecule has 7 nitrogen and oxygen atoms in total. The summed E-state index contributed by atoms with van der Waals surface area (Å²) in [7, 11) is -3.49. The highest BCUT2D eigenvalue weighted by Gasteiger charge is 2.27. The van der Waals surface area contributed by atoms with Crippen molar-refractivity contribution in [3.8, 4) is 0 Å². The van der Waals surface area contributed by atoms with Crippen molar-refractivity contribution >= 4 is 33.2 Å². The molecule has 2 aromatic carbocycles. The maximum Gasteiger partial charge on any atom is 0.255 e. The third-order valence-corrected chi connectivity index (χ3v) is 7.59. The first-order chi connectivity index (χ1) is 14.4. The molecule has 0 atom stereocenters. The number of amides is 2. The molecule has 0 saturated carbocycles. The SMILES string of the molecule is CCN1C(=O)CCc2cc(NC(=O)c3ccc(S(=O)(=O)N4CCCC4)cc3)ccc21. The van der Waals surface area contributed by atoms with Crippen LogP contribution in [0.4, 0.5) is 11.4 Å². The van der Waals surface area contributed by atoms with Gasteiger partial charge >= 0.3 is 0 Å². The standard InChI is InChI=1S/C22H25N3O4S/c1-2-25-20-11-8-18(15-17(20)7-12-21(25)26)23-22(27)16-5-9-19(10-6-16)30(28,29)24-13-3-4-14-24/h5-6,8-11,15H,2-4,7,12-14H2,1H3,(H,23,27). The highest BCUT2D eigenvalue weighted by Crippen LogP contribution is 2.30. The number of rotatable bonds is 5. The topological polar surface area (TPSA) is 86.8 Å². The Hall–Kier alpha value is -2.71. The molecule has 0 spiro atoms. The van der Waals surface area contributed by atoms with E-state index >= 15 is 0 Å². The molecule has 0 radical (unpaired) electrons. The lowest BCUT2D eigenvalue weighted by Crippen LogP contribution is -2.34. The first-order valence-corrected chi connectivity index (χ1v) is 11.7. The molecule has 30 heavy (non-hydrogen) atoms. The Bertz CT molecular complexity index is 1070. The lowest BCUT2D eigenvalue weighted by molar-refractivity contribution is -0.118. The second-order valence-electron chi connectivity index (χ2n) is 7.57. The number of fused-ring (bicyclic) bond motifs is 1. The molecular weight excluding hydrogens is 402 g/mol. The normalized spacial score (nSPS) is 17.1. The molecule has 1 N–H and O–H groups in total. The molecule has 0 unspecified atom stereocenters. The van der Waals surface area contributed by atoms with Gasteiger partial charge in [0.2, 0.25) is 15.9 Å². The average Bonchev–Trinajstić information content (AvgIpc) is 3.30. The number of carbonyl (C=O) groups excluding carboxylic acids is 2. The maximum absolute atomic E-state index is 12.6. The number of nitrogens with zero attached hydrogens (tertiary/aromatic N) is 2. The fraction of sp³-hybridized carbons (Fsp3) is 0.364. The van der Waals surface area contributed by atoms with E-state index in [0.29, 0.717) is 43.7 Å². The lowest BCUT2D eigenvalue weighted by Gasteiger charge is -2.28. The van der Waals surface area contributed by atoms with E-state index < -0.39 is 10.0 Å². The zero-order valence-electron chi connectivity index (χ0n) is 16.9. The Kier molecular flexibility index (Phi) is 5.62. The van der Waals surface area contributed by atoms with Gasteiger partial charge in [0.05, 0.1) is 4.90 Å². The molecule has 8 heteroatoms. The van der Waals surface area contributed by atoms with Crippen molar-refractivity contribution in [3.63, 3.8) is 0 Å².